The van der Waals surface area contributed by atoms with Crippen molar-refractivity contribution in [2.24, 2.45) is 5.92 Å². The summed E-state index contributed by atoms with van der Waals surface area (Å²) < 4.78 is 2.14. The van der Waals surface area contributed by atoms with E-state index in [2.05, 4.69) is 44.4 Å². The number of aliphatic hydroxyl groups excluding tert-OH is 1. The summed E-state index contributed by atoms with van der Waals surface area (Å²) in [5, 5.41) is 11.8. The summed E-state index contributed by atoms with van der Waals surface area (Å²) in [5.41, 5.74) is 4.51. The van der Waals surface area contributed by atoms with Gasteiger partial charge < -0.3 is 9.67 Å². The van der Waals surface area contributed by atoms with E-state index in [-0.39, 0.29) is 0 Å². The van der Waals surface area contributed by atoms with Gasteiger partial charge in [0.2, 0.25) is 0 Å². The highest BCUT2D eigenvalue weighted by atomic mass is 35.5. The molecular formula is C16H22ClNO. The average Bonchev–Trinajstić information content (AvgIpc) is 2.57. The SMILES string of the molecule is Cc1ccc2c(C(C)O)c(Cl)n(CC(C)C)c2c1C. The Morgan fingerprint density at radius 2 is 1.84 bits per heavy atom. The molecule has 1 unspecified atom stereocenters. The van der Waals surface area contributed by atoms with Crippen molar-refractivity contribution in [2.45, 2.75) is 47.3 Å². The summed E-state index contributed by atoms with van der Waals surface area (Å²) in [6.07, 6.45) is -0.550. The van der Waals surface area contributed by atoms with Crippen LogP contribution in [0.1, 0.15) is 43.6 Å². The highest BCUT2D eigenvalue weighted by Gasteiger charge is 2.21. The first kappa shape index (κ1) is 14.4. The van der Waals surface area contributed by atoms with Crippen molar-refractivity contribution in [3.8, 4) is 0 Å². The molecule has 0 fully saturated rings. The van der Waals surface area contributed by atoms with Crippen molar-refractivity contribution in [3.63, 3.8) is 0 Å². The number of aryl methyl sites for hydroxylation is 2. The molecule has 1 heterocycles. The molecule has 2 nitrogen and oxygen atoms in total. The van der Waals surface area contributed by atoms with E-state index in [1.54, 1.807) is 6.92 Å². The summed E-state index contributed by atoms with van der Waals surface area (Å²) in [5.74, 6) is 0.509. The van der Waals surface area contributed by atoms with E-state index >= 15 is 0 Å². The van der Waals surface area contributed by atoms with Crippen LogP contribution in [0.15, 0.2) is 12.1 Å². The quantitative estimate of drug-likeness (QED) is 0.871. The van der Waals surface area contributed by atoms with Gasteiger partial charge in [-0.3, -0.25) is 0 Å². The monoisotopic (exact) mass is 279 g/mol. The Kier molecular flexibility index (Phi) is 3.93. The van der Waals surface area contributed by atoms with Crippen LogP contribution in [0.2, 0.25) is 5.15 Å². The number of benzene rings is 1. The van der Waals surface area contributed by atoms with E-state index in [0.29, 0.717) is 11.1 Å². The fourth-order valence-corrected chi connectivity index (χ4v) is 3.07. The summed E-state index contributed by atoms with van der Waals surface area (Å²) in [6.45, 7) is 11.2. The first-order valence-electron chi connectivity index (χ1n) is 6.80. The van der Waals surface area contributed by atoms with E-state index in [1.807, 2.05) is 0 Å². The number of aromatic nitrogens is 1. The van der Waals surface area contributed by atoms with Crippen molar-refractivity contribution >= 4 is 22.5 Å². The van der Waals surface area contributed by atoms with Gasteiger partial charge >= 0.3 is 0 Å². The molecule has 2 aromatic rings. The summed E-state index contributed by atoms with van der Waals surface area (Å²) in [6, 6.07) is 4.17. The molecule has 0 aliphatic rings. The van der Waals surface area contributed by atoms with Crippen molar-refractivity contribution in [1.82, 2.24) is 4.57 Å². The molecule has 0 bridgehead atoms. The maximum atomic E-state index is 10.0. The largest absolute Gasteiger partial charge is 0.389 e. The Hall–Kier alpha value is -0.990. The van der Waals surface area contributed by atoms with Crippen molar-refractivity contribution in [1.29, 1.82) is 0 Å². The maximum absolute atomic E-state index is 10.0. The van der Waals surface area contributed by atoms with Crippen LogP contribution in [0.3, 0.4) is 0 Å². The van der Waals surface area contributed by atoms with Gasteiger partial charge in [0.25, 0.3) is 0 Å². The number of halogens is 1. The van der Waals surface area contributed by atoms with Gasteiger partial charge in [0.15, 0.2) is 0 Å². The normalized spacial score (nSPS) is 13.5. The minimum atomic E-state index is -0.550. The van der Waals surface area contributed by atoms with E-state index < -0.39 is 6.10 Å². The molecule has 2 rings (SSSR count). The molecule has 0 saturated carbocycles. The van der Waals surface area contributed by atoms with Crippen LogP contribution in [-0.2, 0) is 6.54 Å². The third-order valence-electron chi connectivity index (χ3n) is 3.69. The number of fused-ring (bicyclic) bond motifs is 1. The molecule has 0 aliphatic carbocycles. The molecule has 1 N–H and O–H groups in total. The van der Waals surface area contributed by atoms with E-state index in [0.717, 1.165) is 23.0 Å². The third kappa shape index (κ3) is 2.39. The smallest absolute Gasteiger partial charge is 0.115 e. The molecule has 0 saturated heterocycles. The van der Waals surface area contributed by atoms with Gasteiger partial charge in [-0.15, -0.1) is 0 Å². The highest BCUT2D eigenvalue weighted by Crippen LogP contribution is 2.37. The second-order valence-electron chi connectivity index (χ2n) is 5.79. The van der Waals surface area contributed by atoms with Crippen LogP contribution < -0.4 is 0 Å². The van der Waals surface area contributed by atoms with Gasteiger partial charge in [0, 0.05) is 17.5 Å². The van der Waals surface area contributed by atoms with Gasteiger partial charge in [0.05, 0.1) is 11.6 Å². The summed E-state index contributed by atoms with van der Waals surface area (Å²) in [4.78, 5) is 0. The predicted octanol–water partition coefficient (Wildman–Crippen LogP) is 4.62. The molecule has 1 aromatic heterocycles. The minimum absolute atomic E-state index is 0.509. The molecule has 19 heavy (non-hydrogen) atoms. The lowest BCUT2D eigenvalue weighted by molar-refractivity contribution is 0.200. The first-order chi connectivity index (χ1) is 8.84. The first-order valence-corrected chi connectivity index (χ1v) is 7.18. The number of rotatable bonds is 3. The zero-order valence-corrected chi connectivity index (χ0v) is 13.0. The Morgan fingerprint density at radius 3 is 2.37 bits per heavy atom. The Labute approximate surface area is 120 Å². The maximum Gasteiger partial charge on any atom is 0.115 e. The van der Waals surface area contributed by atoms with Crippen LogP contribution >= 0.6 is 11.6 Å². The highest BCUT2D eigenvalue weighted by molar-refractivity contribution is 6.32. The second kappa shape index (κ2) is 5.18. The molecule has 1 aromatic carbocycles. The molecule has 1 atom stereocenters. The lowest BCUT2D eigenvalue weighted by Gasteiger charge is -2.12. The van der Waals surface area contributed by atoms with E-state index in [1.165, 1.54) is 11.1 Å². The van der Waals surface area contributed by atoms with E-state index in [4.69, 9.17) is 11.6 Å². The zero-order valence-electron chi connectivity index (χ0n) is 12.3. The lowest BCUT2D eigenvalue weighted by Crippen LogP contribution is -2.05. The third-order valence-corrected chi connectivity index (χ3v) is 4.09. The average molecular weight is 280 g/mol. The van der Waals surface area contributed by atoms with Crippen LogP contribution in [0, 0.1) is 19.8 Å². The van der Waals surface area contributed by atoms with Crippen molar-refractivity contribution in [2.75, 3.05) is 0 Å². The summed E-state index contributed by atoms with van der Waals surface area (Å²) in [7, 11) is 0. The van der Waals surface area contributed by atoms with Gasteiger partial charge in [0.1, 0.15) is 5.15 Å². The molecule has 104 valence electrons. The molecule has 0 amide bonds. The number of hydrogen-bond donors (Lipinski definition) is 1. The second-order valence-corrected chi connectivity index (χ2v) is 6.15. The number of nitrogens with zero attached hydrogens (tertiary/aromatic N) is 1. The Morgan fingerprint density at radius 1 is 1.21 bits per heavy atom. The van der Waals surface area contributed by atoms with Gasteiger partial charge in [-0.1, -0.05) is 37.6 Å². The van der Waals surface area contributed by atoms with Crippen LogP contribution in [0.5, 0.6) is 0 Å². The lowest BCUT2D eigenvalue weighted by atomic mass is 10.0. The molecular weight excluding hydrogens is 258 g/mol. The Bertz CT molecular complexity index is 611. The van der Waals surface area contributed by atoms with Crippen molar-refractivity contribution in [3.05, 3.63) is 34.0 Å². The standard InChI is InChI=1S/C16H22ClNO/c1-9(2)8-18-15-11(4)10(3)6-7-13(15)14(12(5)19)16(18)17/h6-7,9,12,19H,8H2,1-5H3. The fourth-order valence-electron chi connectivity index (χ4n) is 2.65. The van der Waals surface area contributed by atoms with Gasteiger partial charge in [-0.25, -0.2) is 0 Å². The Balaban J connectivity index is 2.85. The summed E-state index contributed by atoms with van der Waals surface area (Å²) >= 11 is 6.52. The fraction of sp³-hybridized carbons (Fsp3) is 0.500. The zero-order chi connectivity index (χ0) is 14.3. The minimum Gasteiger partial charge on any atom is -0.389 e. The predicted molar refractivity (Wildman–Crippen MR) is 81.9 cm³/mol. The topological polar surface area (TPSA) is 25.2 Å². The molecule has 0 radical (unpaired) electrons. The van der Waals surface area contributed by atoms with Crippen molar-refractivity contribution < 1.29 is 5.11 Å². The van der Waals surface area contributed by atoms with Gasteiger partial charge in [-0.2, -0.15) is 0 Å². The van der Waals surface area contributed by atoms with E-state index in [9.17, 15) is 5.11 Å². The number of hydrogen-bond acceptors (Lipinski definition) is 1. The van der Waals surface area contributed by atoms with Crippen LogP contribution in [0.4, 0.5) is 0 Å². The molecule has 0 spiro atoms. The van der Waals surface area contributed by atoms with Gasteiger partial charge in [-0.05, 0) is 37.8 Å². The van der Waals surface area contributed by atoms with Crippen LogP contribution in [-0.4, -0.2) is 9.67 Å². The number of aliphatic hydroxyl groups is 1. The molecule has 3 heteroatoms. The molecule has 0 aliphatic heterocycles. The van der Waals surface area contributed by atoms with Crippen LogP contribution in [0.25, 0.3) is 10.9 Å².